The van der Waals surface area contributed by atoms with Crippen LogP contribution >= 0.6 is 12.8 Å². The van der Waals surface area contributed by atoms with Gasteiger partial charge in [-0.05, 0) is 35.9 Å². The average molecular weight is 397 g/mol. The van der Waals surface area contributed by atoms with Crippen LogP contribution in [0.4, 0.5) is 23.2 Å². The number of rotatable bonds is 4. The maximum absolute atomic E-state index is 13.3. The van der Waals surface area contributed by atoms with E-state index in [0.29, 0.717) is 5.56 Å². The third-order valence-corrected chi connectivity index (χ3v) is 3.93. The summed E-state index contributed by atoms with van der Waals surface area (Å²) in [7, 11) is 0. The zero-order chi connectivity index (χ0) is 19.6. The molecule has 0 atom stereocenters. The molecule has 0 aliphatic carbocycles. The maximum atomic E-state index is 13.3. The minimum atomic E-state index is -4.70. The molecule has 0 unspecified atom stereocenters. The second-order valence-electron chi connectivity index (χ2n) is 5.48. The van der Waals surface area contributed by atoms with Gasteiger partial charge in [0.05, 0.1) is 5.69 Å². The molecule has 3 aromatic rings. The van der Waals surface area contributed by atoms with Crippen molar-refractivity contribution in [2.45, 2.75) is 12.6 Å². The molecule has 0 aliphatic heterocycles. The van der Waals surface area contributed by atoms with Crippen molar-refractivity contribution in [2.75, 3.05) is 4.31 Å². The van der Waals surface area contributed by atoms with Crippen LogP contribution in [0, 0.1) is 5.82 Å². The van der Waals surface area contributed by atoms with E-state index in [1.54, 1.807) is 12.1 Å². The summed E-state index contributed by atoms with van der Waals surface area (Å²) in [5.74, 6) is -2.54. The van der Waals surface area contributed by atoms with Gasteiger partial charge in [-0.2, -0.15) is 18.2 Å². The van der Waals surface area contributed by atoms with E-state index in [1.165, 1.54) is 30.3 Å². The lowest BCUT2D eigenvalue weighted by atomic mass is 10.1. The first-order chi connectivity index (χ1) is 12.7. The summed E-state index contributed by atoms with van der Waals surface area (Å²) in [6, 6.07) is 11.4. The van der Waals surface area contributed by atoms with E-state index >= 15 is 0 Å². The molecule has 1 heterocycles. The van der Waals surface area contributed by atoms with Crippen LogP contribution in [0.3, 0.4) is 0 Å². The highest BCUT2D eigenvalue weighted by molar-refractivity contribution is 7.82. The Morgan fingerprint density at radius 1 is 1.15 bits per heavy atom. The van der Waals surface area contributed by atoms with Gasteiger partial charge in [-0.25, -0.2) is 4.39 Å². The van der Waals surface area contributed by atoms with E-state index in [2.05, 4.69) is 27.5 Å². The largest absolute Gasteiger partial charge is 0.471 e. The van der Waals surface area contributed by atoms with Gasteiger partial charge in [0, 0.05) is 12.0 Å². The standard InChI is InChI=1S/C17H11F4N3O2S/c18-12-2-1-3-13(9-12)24(27)15(25)11-6-4-10(5-7-11)8-14-22-16(26-23-14)17(19,20)21/h1-7,9,27H,8H2. The van der Waals surface area contributed by atoms with E-state index in [1.807, 2.05) is 0 Å². The number of carbonyl (C=O) groups is 1. The van der Waals surface area contributed by atoms with Crippen LogP contribution in [0.5, 0.6) is 0 Å². The number of nitrogens with zero attached hydrogens (tertiary/aromatic N) is 3. The average Bonchev–Trinajstić information content (AvgIpc) is 3.10. The Labute approximate surface area is 156 Å². The van der Waals surface area contributed by atoms with Crippen LogP contribution < -0.4 is 4.31 Å². The molecule has 2 aromatic carbocycles. The Morgan fingerprint density at radius 3 is 2.44 bits per heavy atom. The van der Waals surface area contributed by atoms with Crippen LogP contribution in [0.15, 0.2) is 53.1 Å². The number of thiol groups is 1. The molecule has 0 saturated heterocycles. The molecule has 10 heteroatoms. The number of amides is 1. The van der Waals surface area contributed by atoms with Crippen molar-refractivity contribution in [3.05, 3.63) is 77.2 Å². The lowest BCUT2D eigenvalue weighted by molar-refractivity contribution is -0.159. The summed E-state index contributed by atoms with van der Waals surface area (Å²) in [4.78, 5) is 15.7. The van der Waals surface area contributed by atoms with Crippen LogP contribution in [0.25, 0.3) is 0 Å². The van der Waals surface area contributed by atoms with E-state index in [0.717, 1.165) is 10.4 Å². The number of anilines is 1. The predicted molar refractivity (Wildman–Crippen MR) is 90.7 cm³/mol. The molecular weight excluding hydrogens is 386 g/mol. The Balaban J connectivity index is 1.71. The van der Waals surface area contributed by atoms with Crippen molar-refractivity contribution >= 4 is 24.4 Å². The summed E-state index contributed by atoms with van der Waals surface area (Å²) >= 11 is 4.09. The van der Waals surface area contributed by atoms with Gasteiger partial charge >= 0.3 is 12.1 Å². The Bertz CT molecular complexity index is 957. The minimum Gasteiger partial charge on any atom is -0.329 e. The van der Waals surface area contributed by atoms with Gasteiger partial charge in [0.2, 0.25) is 0 Å². The monoisotopic (exact) mass is 397 g/mol. The normalized spacial score (nSPS) is 11.4. The highest BCUT2D eigenvalue weighted by Gasteiger charge is 2.38. The molecule has 27 heavy (non-hydrogen) atoms. The number of halogens is 4. The van der Waals surface area contributed by atoms with Gasteiger partial charge in [-0.15, -0.1) is 0 Å². The highest BCUT2D eigenvalue weighted by atomic mass is 32.1. The molecule has 0 aliphatic rings. The molecule has 0 bridgehead atoms. The molecule has 0 fully saturated rings. The summed E-state index contributed by atoms with van der Waals surface area (Å²) < 4.78 is 55.8. The zero-order valence-electron chi connectivity index (χ0n) is 13.4. The smallest absolute Gasteiger partial charge is 0.329 e. The van der Waals surface area contributed by atoms with Gasteiger partial charge in [-0.1, -0.05) is 36.2 Å². The van der Waals surface area contributed by atoms with Gasteiger partial charge in [0.25, 0.3) is 5.91 Å². The van der Waals surface area contributed by atoms with Crippen molar-refractivity contribution in [3.63, 3.8) is 0 Å². The molecule has 1 aromatic heterocycles. The third kappa shape index (κ3) is 4.45. The Hall–Kier alpha value is -2.88. The maximum Gasteiger partial charge on any atom is 0.471 e. The lowest BCUT2D eigenvalue weighted by Gasteiger charge is -2.16. The van der Waals surface area contributed by atoms with Gasteiger partial charge in [-0.3, -0.25) is 9.10 Å². The number of hydrogen-bond acceptors (Lipinski definition) is 5. The van der Waals surface area contributed by atoms with Crippen molar-refractivity contribution in [3.8, 4) is 0 Å². The number of carbonyl (C=O) groups excluding carboxylic acids is 1. The van der Waals surface area contributed by atoms with Crippen LogP contribution in [0.2, 0.25) is 0 Å². The highest BCUT2D eigenvalue weighted by Crippen LogP contribution is 2.27. The fourth-order valence-corrected chi connectivity index (χ4v) is 2.48. The van der Waals surface area contributed by atoms with Gasteiger partial charge < -0.3 is 4.52 Å². The second kappa shape index (κ2) is 7.39. The number of alkyl halides is 3. The van der Waals surface area contributed by atoms with Gasteiger partial charge in [0.1, 0.15) is 5.82 Å². The molecule has 1 amide bonds. The van der Waals surface area contributed by atoms with E-state index in [9.17, 15) is 22.4 Å². The first kappa shape index (κ1) is 18.9. The van der Waals surface area contributed by atoms with Crippen LogP contribution in [-0.4, -0.2) is 16.0 Å². The van der Waals surface area contributed by atoms with Crippen LogP contribution in [0.1, 0.15) is 27.6 Å². The summed E-state index contributed by atoms with van der Waals surface area (Å²) in [6.07, 6.45) is -4.70. The van der Waals surface area contributed by atoms with E-state index in [-0.39, 0.29) is 23.5 Å². The molecular formula is C17H11F4N3O2S. The molecule has 140 valence electrons. The fourth-order valence-electron chi connectivity index (χ4n) is 2.24. The van der Waals surface area contributed by atoms with Crippen molar-refractivity contribution < 1.29 is 26.9 Å². The predicted octanol–water partition coefficient (Wildman–Crippen LogP) is 4.31. The SMILES string of the molecule is O=C(c1ccc(Cc2noc(C(F)(F)F)n2)cc1)N(S)c1cccc(F)c1. The van der Waals surface area contributed by atoms with Crippen molar-refractivity contribution in [1.29, 1.82) is 0 Å². The second-order valence-corrected chi connectivity index (χ2v) is 5.88. The summed E-state index contributed by atoms with van der Waals surface area (Å²) in [5.41, 5.74) is 1.11. The zero-order valence-corrected chi connectivity index (χ0v) is 14.3. The quantitative estimate of drug-likeness (QED) is 0.527. The minimum absolute atomic E-state index is 0.00252. The molecule has 0 spiro atoms. The number of benzene rings is 2. The van der Waals surface area contributed by atoms with E-state index < -0.39 is 23.8 Å². The molecule has 0 saturated carbocycles. The van der Waals surface area contributed by atoms with E-state index in [4.69, 9.17) is 0 Å². The third-order valence-electron chi connectivity index (χ3n) is 3.52. The first-order valence-corrected chi connectivity index (χ1v) is 7.91. The molecule has 0 radical (unpaired) electrons. The van der Waals surface area contributed by atoms with Gasteiger partial charge in [0.15, 0.2) is 5.82 Å². The molecule has 3 rings (SSSR count). The molecule has 5 nitrogen and oxygen atoms in total. The summed E-state index contributed by atoms with van der Waals surface area (Å²) in [6.45, 7) is 0. The topological polar surface area (TPSA) is 59.2 Å². The fraction of sp³-hybridized carbons (Fsp3) is 0.118. The Morgan fingerprint density at radius 2 is 1.85 bits per heavy atom. The molecule has 0 N–H and O–H groups in total. The summed E-state index contributed by atoms with van der Waals surface area (Å²) in [5, 5.41) is 3.28. The Kier molecular flexibility index (Phi) is 5.17. The number of aromatic nitrogens is 2. The first-order valence-electron chi connectivity index (χ1n) is 7.51. The lowest BCUT2D eigenvalue weighted by Crippen LogP contribution is -2.20. The number of hydrogen-bond donors (Lipinski definition) is 1. The van der Waals surface area contributed by atoms with Crippen molar-refractivity contribution in [2.24, 2.45) is 0 Å². The van der Waals surface area contributed by atoms with Crippen molar-refractivity contribution in [1.82, 2.24) is 10.1 Å². The van der Waals surface area contributed by atoms with Crippen LogP contribution in [-0.2, 0) is 12.6 Å².